The maximum atomic E-state index is 15.0. The molecule has 0 fully saturated rings. The Kier molecular flexibility index (Phi) is 8.05. The van der Waals surface area contributed by atoms with Crippen molar-refractivity contribution in [3.8, 4) is 11.1 Å². The molecule has 2 aromatic carbocycles. The largest absolute Gasteiger partial charge is 0.465 e. The molecule has 9 nitrogen and oxygen atoms in total. The van der Waals surface area contributed by atoms with Gasteiger partial charge in [-0.15, -0.1) is 0 Å². The molecule has 0 radical (unpaired) electrons. The molecule has 0 aliphatic rings. The molecule has 3 aromatic rings. The highest BCUT2D eigenvalue weighted by atomic mass is 19.1. The van der Waals surface area contributed by atoms with Crippen molar-refractivity contribution in [2.45, 2.75) is 19.6 Å². The number of halogens is 2. The number of hydrogen-bond acceptors (Lipinski definition) is 6. The topological polar surface area (TPSA) is 150 Å². The number of amides is 2. The van der Waals surface area contributed by atoms with Gasteiger partial charge in [-0.3, -0.25) is 15.5 Å². The van der Waals surface area contributed by atoms with E-state index in [2.05, 4.69) is 10.3 Å². The summed E-state index contributed by atoms with van der Waals surface area (Å²) in [5.74, 6) is -2.66. The number of nitrogens with zero attached hydrogens (tertiary/aromatic N) is 1. The van der Waals surface area contributed by atoms with Gasteiger partial charge in [0.1, 0.15) is 23.3 Å². The number of carboxylic acid groups (broad SMARTS) is 1. The van der Waals surface area contributed by atoms with E-state index in [1.807, 2.05) is 5.32 Å². The van der Waals surface area contributed by atoms with Crippen molar-refractivity contribution in [2.24, 2.45) is 0 Å². The Hall–Kier alpha value is -4.38. The number of carbonyl (C=O) groups excluding carboxylic acids is 1. The fraction of sp³-hybridized carbons (Fsp3) is 0.167. The first-order valence-electron chi connectivity index (χ1n) is 10.5. The minimum Gasteiger partial charge on any atom is -0.465 e. The van der Waals surface area contributed by atoms with Crippen LogP contribution in [0.25, 0.3) is 11.1 Å². The number of rotatable bonds is 8. The van der Waals surface area contributed by atoms with Gasteiger partial charge in [-0.25, -0.2) is 18.6 Å². The van der Waals surface area contributed by atoms with Crippen molar-refractivity contribution in [2.75, 3.05) is 12.3 Å². The molecule has 0 saturated heterocycles. The molecule has 1 unspecified atom stereocenters. The van der Waals surface area contributed by atoms with Gasteiger partial charge in [0.2, 0.25) is 0 Å². The summed E-state index contributed by atoms with van der Waals surface area (Å²) >= 11 is 0. The van der Waals surface area contributed by atoms with Crippen LogP contribution < -0.4 is 16.4 Å². The fourth-order valence-electron chi connectivity index (χ4n) is 3.28. The van der Waals surface area contributed by atoms with Gasteiger partial charge < -0.3 is 20.9 Å². The van der Waals surface area contributed by atoms with Crippen LogP contribution in [0, 0.1) is 17.0 Å². The monoisotopic (exact) mass is 483 g/mol. The maximum Gasteiger partial charge on any atom is 0.410 e. The second-order valence-electron chi connectivity index (χ2n) is 7.38. The Balaban J connectivity index is 1.75. The Labute approximate surface area is 199 Å². The third kappa shape index (κ3) is 6.36. The van der Waals surface area contributed by atoms with Gasteiger partial charge in [-0.1, -0.05) is 24.3 Å². The summed E-state index contributed by atoms with van der Waals surface area (Å²) in [6.07, 6.45) is -1.49. The molecule has 1 heterocycles. The van der Waals surface area contributed by atoms with Crippen LogP contribution >= 0.6 is 0 Å². The SMILES string of the molecule is CCOC(C(=O)NCc1ccc(C(=N)NC(=O)O)cc1)c1c(F)cc(-c2ccc(N)nc2)cc1F. The van der Waals surface area contributed by atoms with E-state index in [0.29, 0.717) is 16.7 Å². The summed E-state index contributed by atoms with van der Waals surface area (Å²) in [5.41, 5.74) is 6.67. The molecule has 11 heteroatoms. The predicted octanol–water partition coefficient (Wildman–Crippen LogP) is 3.60. The molecule has 1 aromatic heterocycles. The number of nitrogens with one attached hydrogen (secondary N) is 3. The molecule has 0 saturated carbocycles. The van der Waals surface area contributed by atoms with Gasteiger partial charge in [0.15, 0.2) is 6.10 Å². The third-order valence-corrected chi connectivity index (χ3v) is 4.97. The van der Waals surface area contributed by atoms with Crippen LogP contribution in [0.15, 0.2) is 54.7 Å². The smallest absolute Gasteiger partial charge is 0.410 e. The number of amidine groups is 1. The van der Waals surface area contributed by atoms with Gasteiger partial charge in [-0.2, -0.15) is 0 Å². The highest BCUT2D eigenvalue weighted by Crippen LogP contribution is 2.30. The zero-order valence-electron chi connectivity index (χ0n) is 18.6. The van der Waals surface area contributed by atoms with E-state index in [-0.39, 0.29) is 30.4 Å². The fourth-order valence-corrected chi connectivity index (χ4v) is 3.28. The van der Waals surface area contributed by atoms with Crippen molar-refractivity contribution >= 4 is 23.7 Å². The maximum absolute atomic E-state index is 15.0. The molecule has 35 heavy (non-hydrogen) atoms. The van der Waals surface area contributed by atoms with Crippen molar-refractivity contribution in [1.29, 1.82) is 5.41 Å². The van der Waals surface area contributed by atoms with E-state index in [9.17, 15) is 18.4 Å². The van der Waals surface area contributed by atoms with Gasteiger partial charge >= 0.3 is 6.09 Å². The van der Waals surface area contributed by atoms with E-state index in [0.717, 1.165) is 12.1 Å². The quantitative estimate of drug-likeness (QED) is 0.244. The number of pyridine rings is 1. The summed E-state index contributed by atoms with van der Waals surface area (Å²) in [6, 6.07) is 11.5. The number of carbonyl (C=O) groups is 2. The number of hydrogen-bond donors (Lipinski definition) is 5. The summed E-state index contributed by atoms with van der Waals surface area (Å²) in [4.78, 5) is 27.4. The van der Waals surface area contributed by atoms with Gasteiger partial charge in [0, 0.05) is 30.5 Å². The van der Waals surface area contributed by atoms with Crippen LogP contribution in [0.1, 0.15) is 29.7 Å². The molecule has 6 N–H and O–H groups in total. The minimum absolute atomic E-state index is 0.0147. The van der Waals surface area contributed by atoms with Crippen molar-refractivity contribution in [3.05, 3.63) is 83.1 Å². The molecule has 0 aliphatic heterocycles. The first kappa shape index (κ1) is 25.2. The normalized spacial score (nSPS) is 11.5. The average molecular weight is 483 g/mol. The second kappa shape index (κ2) is 11.2. The lowest BCUT2D eigenvalue weighted by Crippen LogP contribution is -2.32. The van der Waals surface area contributed by atoms with E-state index in [1.54, 1.807) is 25.1 Å². The van der Waals surface area contributed by atoms with Gasteiger partial charge in [0.25, 0.3) is 5.91 Å². The second-order valence-corrected chi connectivity index (χ2v) is 7.38. The van der Waals surface area contributed by atoms with Gasteiger partial charge in [-0.05, 0) is 42.3 Å². The first-order valence-corrected chi connectivity index (χ1v) is 10.5. The molecule has 3 rings (SSSR count). The van der Waals surface area contributed by atoms with E-state index >= 15 is 0 Å². The molecular formula is C24H23F2N5O4. The summed E-state index contributed by atoms with van der Waals surface area (Å²) in [6.45, 7) is 1.65. The highest BCUT2D eigenvalue weighted by Gasteiger charge is 2.28. The van der Waals surface area contributed by atoms with Crippen LogP contribution in [0.3, 0.4) is 0 Å². The minimum atomic E-state index is -1.52. The molecule has 0 spiro atoms. The van der Waals surface area contributed by atoms with Crippen LogP contribution in [0.5, 0.6) is 0 Å². The van der Waals surface area contributed by atoms with Crippen molar-refractivity contribution in [1.82, 2.24) is 15.6 Å². The molecule has 2 amide bonds. The van der Waals surface area contributed by atoms with Crippen LogP contribution in [-0.4, -0.2) is 34.5 Å². The number of nitrogen functional groups attached to an aromatic ring is 1. The lowest BCUT2D eigenvalue weighted by Gasteiger charge is -2.19. The molecular weight excluding hydrogens is 460 g/mol. The highest BCUT2D eigenvalue weighted by molar-refractivity contribution is 6.04. The Morgan fingerprint density at radius 3 is 2.31 bits per heavy atom. The summed E-state index contributed by atoms with van der Waals surface area (Å²) in [7, 11) is 0. The molecule has 0 aliphatic carbocycles. The Bertz CT molecular complexity index is 1210. The standard InChI is InChI=1S/C24H23F2N5O4/c1-2-35-21(20-17(25)9-16(10-18(20)26)15-7-8-19(27)29-12-15)23(32)30-11-13-3-5-14(6-4-13)22(28)31-24(33)34/h3-10,12,21H,2,11H2,1H3,(H2,27,29)(H2,28,31)(H,30,32)(H,33,34). The number of anilines is 1. The third-order valence-electron chi connectivity index (χ3n) is 4.97. The predicted molar refractivity (Wildman–Crippen MR) is 125 cm³/mol. The van der Waals surface area contributed by atoms with E-state index in [4.69, 9.17) is 21.0 Å². The lowest BCUT2D eigenvalue weighted by atomic mass is 10.0. The summed E-state index contributed by atoms with van der Waals surface area (Å²) < 4.78 is 35.3. The van der Waals surface area contributed by atoms with Crippen LogP contribution in [-0.2, 0) is 16.1 Å². The Morgan fingerprint density at radius 2 is 1.77 bits per heavy atom. The number of ether oxygens (including phenoxy) is 1. The van der Waals surface area contributed by atoms with Gasteiger partial charge in [0.05, 0.1) is 5.56 Å². The number of aromatic nitrogens is 1. The Morgan fingerprint density at radius 1 is 1.11 bits per heavy atom. The molecule has 182 valence electrons. The van der Waals surface area contributed by atoms with E-state index in [1.165, 1.54) is 24.4 Å². The first-order chi connectivity index (χ1) is 16.7. The lowest BCUT2D eigenvalue weighted by molar-refractivity contribution is -0.133. The summed E-state index contributed by atoms with van der Waals surface area (Å²) in [5, 5.41) is 20.9. The molecule has 0 bridgehead atoms. The number of nitrogens with two attached hydrogens (primary N) is 1. The zero-order chi connectivity index (χ0) is 25.5. The van der Waals surface area contributed by atoms with E-state index < -0.39 is 35.3 Å². The average Bonchev–Trinajstić information content (AvgIpc) is 2.82. The zero-order valence-corrected chi connectivity index (χ0v) is 18.6. The molecule has 1 atom stereocenters. The van der Waals surface area contributed by atoms with Crippen molar-refractivity contribution < 1.29 is 28.2 Å². The van der Waals surface area contributed by atoms with Crippen LogP contribution in [0.2, 0.25) is 0 Å². The van der Waals surface area contributed by atoms with Crippen molar-refractivity contribution in [3.63, 3.8) is 0 Å². The number of benzene rings is 2. The van der Waals surface area contributed by atoms with Crippen LogP contribution in [0.4, 0.5) is 19.4 Å².